The molecule has 0 fully saturated rings. The molecule has 1 nitrogen and oxygen atoms in total. The van der Waals surface area contributed by atoms with Crippen LogP contribution in [0.5, 0.6) is 0 Å². The molecule has 0 amide bonds. The number of rotatable bonds is 1. The van der Waals surface area contributed by atoms with E-state index >= 15 is 0 Å². The van der Waals surface area contributed by atoms with Crippen LogP contribution >= 0.6 is 27.3 Å². The summed E-state index contributed by atoms with van der Waals surface area (Å²) >= 11 is 4.55. The van der Waals surface area contributed by atoms with Gasteiger partial charge in [-0.15, -0.1) is 11.3 Å². The molecule has 0 atom stereocenters. The van der Waals surface area contributed by atoms with Gasteiger partial charge >= 0.3 is 0 Å². The number of aliphatic hydroxyl groups excluding tert-OH is 1. The fourth-order valence-corrected chi connectivity index (χ4v) is 2.52. The maximum Gasteiger partial charge on any atom is 0.146 e. The molecule has 1 aromatic heterocycles. The van der Waals surface area contributed by atoms with Crippen LogP contribution in [0.1, 0.15) is 5.56 Å². The standard InChI is InChI=1S/C9H6BrFOS/c10-6-1-2-7-8(9(6)11)5(3-12)4-13-7/h1-2,4,12H,3H2. The lowest BCUT2D eigenvalue weighted by atomic mass is 10.2. The van der Waals surface area contributed by atoms with Crippen molar-refractivity contribution in [1.82, 2.24) is 0 Å². The number of fused-ring (bicyclic) bond motifs is 1. The van der Waals surface area contributed by atoms with E-state index in [1.165, 1.54) is 11.3 Å². The zero-order chi connectivity index (χ0) is 9.42. The van der Waals surface area contributed by atoms with Crippen molar-refractivity contribution in [2.75, 3.05) is 0 Å². The fraction of sp³-hybridized carbons (Fsp3) is 0.111. The van der Waals surface area contributed by atoms with Crippen molar-refractivity contribution in [3.63, 3.8) is 0 Å². The molecule has 0 aliphatic rings. The molecule has 0 aliphatic carbocycles. The molecule has 13 heavy (non-hydrogen) atoms. The topological polar surface area (TPSA) is 20.2 Å². The van der Waals surface area contributed by atoms with E-state index in [4.69, 9.17) is 5.11 Å². The van der Waals surface area contributed by atoms with Gasteiger partial charge in [0.05, 0.1) is 11.1 Å². The first-order valence-corrected chi connectivity index (χ1v) is 5.36. The van der Waals surface area contributed by atoms with Gasteiger partial charge in [0, 0.05) is 10.1 Å². The normalized spacial score (nSPS) is 11.0. The Bertz CT molecular complexity index is 452. The Labute approximate surface area is 86.9 Å². The highest BCUT2D eigenvalue weighted by Crippen LogP contribution is 2.32. The second kappa shape index (κ2) is 3.36. The van der Waals surface area contributed by atoms with E-state index in [1.807, 2.05) is 6.07 Å². The molecule has 0 spiro atoms. The van der Waals surface area contributed by atoms with Gasteiger partial charge in [0.25, 0.3) is 0 Å². The monoisotopic (exact) mass is 260 g/mol. The molecule has 0 unspecified atom stereocenters. The largest absolute Gasteiger partial charge is 0.392 e. The van der Waals surface area contributed by atoms with Crippen molar-refractivity contribution >= 4 is 37.4 Å². The third-order valence-corrected chi connectivity index (χ3v) is 3.49. The lowest BCUT2D eigenvalue weighted by molar-refractivity contribution is 0.283. The molecule has 0 aliphatic heterocycles. The molecule has 0 saturated carbocycles. The number of halogens is 2. The highest BCUT2D eigenvalue weighted by Gasteiger charge is 2.10. The molecule has 1 N–H and O–H groups in total. The summed E-state index contributed by atoms with van der Waals surface area (Å²) in [5.74, 6) is -0.289. The smallest absolute Gasteiger partial charge is 0.146 e. The van der Waals surface area contributed by atoms with Crippen LogP contribution in [0, 0.1) is 5.82 Å². The number of hydrogen-bond acceptors (Lipinski definition) is 2. The van der Waals surface area contributed by atoms with Crippen LogP contribution in [0.2, 0.25) is 0 Å². The summed E-state index contributed by atoms with van der Waals surface area (Å²) in [6.07, 6.45) is 0. The predicted molar refractivity (Wildman–Crippen MR) is 55.4 cm³/mol. The summed E-state index contributed by atoms with van der Waals surface area (Å²) in [5.41, 5.74) is 0.652. The van der Waals surface area contributed by atoms with Gasteiger partial charge in [-0.3, -0.25) is 0 Å². The van der Waals surface area contributed by atoms with Gasteiger partial charge in [0.2, 0.25) is 0 Å². The molecular weight excluding hydrogens is 255 g/mol. The van der Waals surface area contributed by atoms with Gasteiger partial charge in [0.15, 0.2) is 0 Å². The van der Waals surface area contributed by atoms with E-state index in [0.717, 1.165) is 4.70 Å². The minimum atomic E-state index is -0.289. The van der Waals surface area contributed by atoms with Gasteiger partial charge in [-0.1, -0.05) is 0 Å². The molecule has 0 saturated heterocycles. The van der Waals surface area contributed by atoms with E-state index in [0.29, 0.717) is 15.4 Å². The van der Waals surface area contributed by atoms with Gasteiger partial charge < -0.3 is 5.11 Å². The lowest BCUT2D eigenvalue weighted by Gasteiger charge is -1.98. The van der Waals surface area contributed by atoms with Gasteiger partial charge in [-0.2, -0.15) is 0 Å². The second-order valence-corrected chi connectivity index (χ2v) is 4.42. The van der Waals surface area contributed by atoms with Crippen LogP contribution in [-0.4, -0.2) is 5.11 Å². The van der Waals surface area contributed by atoms with Crippen molar-refractivity contribution in [2.24, 2.45) is 0 Å². The van der Waals surface area contributed by atoms with Crippen molar-refractivity contribution < 1.29 is 9.50 Å². The highest BCUT2D eigenvalue weighted by molar-refractivity contribution is 9.10. The zero-order valence-electron chi connectivity index (χ0n) is 6.55. The van der Waals surface area contributed by atoms with Crippen LogP contribution < -0.4 is 0 Å². The summed E-state index contributed by atoms with van der Waals surface area (Å²) in [6, 6.07) is 3.52. The molecule has 0 bridgehead atoms. The first-order valence-electron chi connectivity index (χ1n) is 3.69. The van der Waals surface area contributed by atoms with E-state index in [1.54, 1.807) is 11.4 Å². The molecule has 1 heterocycles. The maximum atomic E-state index is 13.5. The summed E-state index contributed by atoms with van der Waals surface area (Å²) in [4.78, 5) is 0. The maximum absolute atomic E-state index is 13.5. The van der Waals surface area contributed by atoms with E-state index < -0.39 is 0 Å². The minimum Gasteiger partial charge on any atom is -0.392 e. The Morgan fingerprint density at radius 1 is 1.46 bits per heavy atom. The molecular formula is C9H6BrFOS. The zero-order valence-corrected chi connectivity index (χ0v) is 8.95. The van der Waals surface area contributed by atoms with Crippen LogP contribution in [0.4, 0.5) is 4.39 Å². The Balaban J connectivity index is 2.85. The molecule has 2 aromatic rings. The third-order valence-electron chi connectivity index (χ3n) is 1.88. The van der Waals surface area contributed by atoms with E-state index in [2.05, 4.69) is 15.9 Å². The molecule has 4 heteroatoms. The average molecular weight is 261 g/mol. The molecule has 1 aromatic carbocycles. The molecule has 2 rings (SSSR count). The van der Waals surface area contributed by atoms with Crippen molar-refractivity contribution in [2.45, 2.75) is 6.61 Å². The lowest BCUT2D eigenvalue weighted by Crippen LogP contribution is -1.84. The Hall–Kier alpha value is -0.450. The van der Waals surface area contributed by atoms with Crippen molar-refractivity contribution in [3.05, 3.63) is 33.4 Å². The summed E-state index contributed by atoms with van der Waals surface area (Å²) in [7, 11) is 0. The van der Waals surface area contributed by atoms with Crippen molar-refractivity contribution in [3.8, 4) is 0 Å². The number of benzene rings is 1. The Morgan fingerprint density at radius 3 is 2.92 bits per heavy atom. The van der Waals surface area contributed by atoms with Gasteiger partial charge in [-0.25, -0.2) is 4.39 Å². The SMILES string of the molecule is OCc1csc2ccc(Br)c(F)c12. The highest BCUT2D eigenvalue weighted by atomic mass is 79.9. The third kappa shape index (κ3) is 1.39. The van der Waals surface area contributed by atoms with Crippen LogP contribution in [0.3, 0.4) is 0 Å². The fourth-order valence-electron chi connectivity index (χ4n) is 1.24. The first kappa shape index (κ1) is 9.12. The van der Waals surface area contributed by atoms with Gasteiger partial charge in [0.1, 0.15) is 5.82 Å². The van der Waals surface area contributed by atoms with Crippen LogP contribution in [-0.2, 0) is 6.61 Å². The molecule has 68 valence electrons. The summed E-state index contributed by atoms with van der Waals surface area (Å²) in [6.45, 7) is -0.118. The minimum absolute atomic E-state index is 0.118. The summed E-state index contributed by atoms with van der Waals surface area (Å²) in [5, 5.41) is 11.3. The predicted octanol–water partition coefficient (Wildman–Crippen LogP) is 3.30. The Kier molecular flexibility index (Phi) is 2.36. The quantitative estimate of drug-likeness (QED) is 0.835. The van der Waals surface area contributed by atoms with E-state index in [9.17, 15) is 4.39 Å². The van der Waals surface area contributed by atoms with Crippen LogP contribution in [0.15, 0.2) is 22.0 Å². The number of aliphatic hydroxyl groups is 1. The summed E-state index contributed by atoms with van der Waals surface area (Å²) < 4.78 is 14.8. The number of thiophene rings is 1. The van der Waals surface area contributed by atoms with Gasteiger partial charge in [-0.05, 0) is 39.0 Å². The average Bonchev–Trinajstić information content (AvgIpc) is 2.55. The first-order chi connectivity index (χ1) is 6.24. The van der Waals surface area contributed by atoms with Crippen molar-refractivity contribution in [1.29, 1.82) is 0 Å². The van der Waals surface area contributed by atoms with E-state index in [-0.39, 0.29) is 12.4 Å². The Morgan fingerprint density at radius 2 is 2.23 bits per heavy atom. The van der Waals surface area contributed by atoms with Crippen LogP contribution in [0.25, 0.3) is 10.1 Å². The number of hydrogen-bond donors (Lipinski definition) is 1. The molecule has 0 radical (unpaired) electrons. The second-order valence-electron chi connectivity index (χ2n) is 2.65.